The van der Waals surface area contributed by atoms with E-state index in [0.29, 0.717) is 12.3 Å². The van der Waals surface area contributed by atoms with Crippen molar-refractivity contribution in [2.75, 3.05) is 0 Å². The molecule has 0 aliphatic heterocycles. The average Bonchev–Trinajstić information content (AvgIpc) is 1.93. The molecule has 13 heavy (non-hydrogen) atoms. The van der Waals surface area contributed by atoms with E-state index in [0.717, 1.165) is 6.42 Å². The second-order valence-electron chi connectivity index (χ2n) is 4.78. The largest absolute Gasteiger partial charge is 0.392 e. The van der Waals surface area contributed by atoms with Gasteiger partial charge in [0, 0.05) is 12.3 Å². The summed E-state index contributed by atoms with van der Waals surface area (Å²) in [6.45, 7) is 6.03. The summed E-state index contributed by atoms with van der Waals surface area (Å²) in [5.41, 5.74) is -0.813. The highest BCUT2D eigenvalue weighted by Gasteiger charge is 2.30. The van der Waals surface area contributed by atoms with Gasteiger partial charge in [-0.05, 0) is 19.3 Å². The number of rotatable bonds is 2. The third-order valence-electron chi connectivity index (χ3n) is 2.56. The Labute approximate surface area is 80.3 Å². The van der Waals surface area contributed by atoms with Gasteiger partial charge < -0.3 is 10.2 Å². The predicted octanol–water partition coefficient (Wildman–Crippen LogP) is 1.72. The summed E-state index contributed by atoms with van der Waals surface area (Å²) in [5.74, 6) is 0.813. The van der Waals surface area contributed by atoms with Crippen molar-refractivity contribution in [3.63, 3.8) is 0 Å². The molecule has 0 amide bonds. The SMILES string of the molecule is CC(C)CC1C=CC(C)(O)CC1O. The molecule has 0 heterocycles. The summed E-state index contributed by atoms with van der Waals surface area (Å²) in [7, 11) is 0. The molecule has 0 bridgehead atoms. The Balaban J connectivity index is 2.60. The van der Waals surface area contributed by atoms with Gasteiger partial charge in [0.2, 0.25) is 0 Å². The van der Waals surface area contributed by atoms with Crippen LogP contribution in [0.1, 0.15) is 33.6 Å². The van der Waals surface area contributed by atoms with E-state index in [9.17, 15) is 10.2 Å². The van der Waals surface area contributed by atoms with Crippen LogP contribution in [0, 0.1) is 11.8 Å². The number of hydrogen-bond acceptors (Lipinski definition) is 2. The molecule has 0 saturated heterocycles. The molecular formula is C11H20O2. The molecule has 2 nitrogen and oxygen atoms in total. The van der Waals surface area contributed by atoms with E-state index in [-0.39, 0.29) is 12.0 Å². The summed E-state index contributed by atoms with van der Waals surface area (Å²) in [5, 5.41) is 19.4. The van der Waals surface area contributed by atoms with Gasteiger partial charge in [-0.2, -0.15) is 0 Å². The van der Waals surface area contributed by atoms with Crippen LogP contribution in [0.3, 0.4) is 0 Å². The normalized spacial score (nSPS) is 39.8. The highest BCUT2D eigenvalue weighted by molar-refractivity contribution is 5.08. The standard InChI is InChI=1S/C11H20O2/c1-8(2)6-9-4-5-11(3,13)7-10(9)12/h4-5,8-10,12-13H,6-7H2,1-3H3. The van der Waals surface area contributed by atoms with Crippen LogP contribution in [-0.4, -0.2) is 21.9 Å². The van der Waals surface area contributed by atoms with Gasteiger partial charge in [0.1, 0.15) is 0 Å². The van der Waals surface area contributed by atoms with Crippen molar-refractivity contribution in [3.05, 3.63) is 12.2 Å². The highest BCUT2D eigenvalue weighted by atomic mass is 16.3. The lowest BCUT2D eigenvalue weighted by Crippen LogP contribution is -2.36. The molecule has 0 aromatic heterocycles. The zero-order valence-corrected chi connectivity index (χ0v) is 8.70. The van der Waals surface area contributed by atoms with E-state index in [1.54, 1.807) is 6.92 Å². The summed E-state index contributed by atoms with van der Waals surface area (Å²) in [4.78, 5) is 0. The third-order valence-corrected chi connectivity index (χ3v) is 2.56. The first-order chi connectivity index (χ1) is 5.91. The zero-order chi connectivity index (χ0) is 10.1. The minimum absolute atomic E-state index is 0.222. The monoisotopic (exact) mass is 184 g/mol. The molecule has 2 N–H and O–H groups in total. The lowest BCUT2D eigenvalue weighted by atomic mass is 9.80. The third kappa shape index (κ3) is 3.12. The summed E-state index contributed by atoms with van der Waals surface area (Å²) >= 11 is 0. The van der Waals surface area contributed by atoms with E-state index in [2.05, 4.69) is 13.8 Å². The van der Waals surface area contributed by atoms with Crippen LogP contribution < -0.4 is 0 Å². The van der Waals surface area contributed by atoms with E-state index >= 15 is 0 Å². The first-order valence-electron chi connectivity index (χ1n) is 5.00. The maximum Gasteiger partial charge on any atom is 0.0824 e. The Morgan fingerprint density at radius 3 is 2.62 bits per heavy atom. The molecule has 2 heteroatoms. The Bertz CT molecular complexity index is 194. The molecule has 0 fully saturated rings. The highest BCUT2D eigenvalue weighted by Crippen LogP contribution is 2.29. The lowest BCUT2D eigenvalue weighted by molar-refractivity contribution is 0.00732. The van der Waals surface area contributed by atoms with E-state index < -0.39 is 5.60 Å². The fraction of sp³-hybridized carbons (Fsp3) is 0.818. The number of hydrogen-bond donors (Lipinski definition) is 2. The second kappa shape index (κ2) is 3.81. The number of aliphatic hydroxyl groups is 2. The van der Waals surface area contributed by atoms with Crippen molar-refractivity contribution in [2.45, 2.75) is 45.3 Å². The molecule has 1 rings (SSSR count). The quantitative estimate of drug-likeness (QED) is 0.641. The molecule has 1 aliphatic carbocycles. The Hall–Kier alpha value is -0.340. The van der Waals surface area contributed by atoms with E-state index in [1.165, 1.54) is 0 Å². The fourth-order valence-electron chi connectivity index (χ4n) is 1.88. The average molecular weight is 184 g/mol. The van der Waals surface area contributed by atoms with Crippen LogP contribution >= 0.6 is 0 Å². The summed E-state index contributed by atoms with van der Waals surface area (Å²) < 4.78 is 0. The van der Waals surface area contributed by atoms with Crippen molar-refractivity contribution in [3.8, 4) is 0 Å². The summed E-state index contributed by atoms with van der Waals surface area (Å²) in [6.07, 6.45) is 4.83. The first-order valence-corrected chi connectivity index (χ1v) is 5.00. The number of aliphatic hydroxyl groups excluding tert-OH is 1. The fourth-order valence-corrected chi connectivity index (χ4v) is 1.88. The van der Waals surface area contributed by atoms with Crippen molar-refractivity contribution in [1.82, 2.24) is 0 Å². The maximum atomic E-state index is 9.74. The van der Waals surface area contributed by atoms with Crippen LogP contribution in [0.2, 0.25) is 0 Å². The predicted molar refractivity (Wildman–Crippen MR) is 53.3 cm³/mol. The van der Waals surface area contributed by atoms with Crippen molar-refractivity contribution < 1.29 is 10.2 Å². The molecule has 3 unspecified atom stereocenters. The van der Waals surface area contributed by atoms with Crippen LogP contribution in [0.25, 0.3) is 0 Å². The molecule has 0 aromatic rings. The molecule has 1 aliphatic rings. The van der Waals surface area contributed by atoms with Crippen molar-refractivity contribution in [1.29, 1.82) is 0 Å². The van der Waals surface area contributed by atoms with Gasteiger partial charge in [-0.1, -0.05) is 26.0 Å². The Morgan fingerprint density at radius 2 is 2.15 bits per heavy atom. The van der Waals surface area contributed by atoms with Gasteiger partial charge in [0.25, 0.3) is 0 Å². The molecule has 0 aromatic carbocycles. The Kier molecular flexibility index (Phi) is 3.14. The van der Waals surface area contributed by atoms with Gasteiger partial charge in [0.05, 0.1) is 11.7 Å². The van der Waals surface area contributed by atoms with Gasteiger partial charge in [-0.15, -0.1) is 0 Å². The first kappa shape index (κ1) is 10.7. The van der Waals surface area contributed by atoms with Crippen LogP contribution in [0.15, 0.2) is 12.2 Å². The molecule has 0 radical (unpaired) electrons. The molecule has 0 spiro atoms. The van der Waals surface area contributed by atoms with Gasteiger partial charge in [0.15, 0.2) is 0 Å². The van der Waals surface area contributed by atoms with Crippen LogP contribution in [0.4, 0.5) is 0 Å². The van der Waals surface area contributed by atoms with Crippen LogP contribution in [-0.2, 0) is 0 Å². The molecule has 0 saturated carbocycles. The summed E-state index contributed by atoms with van der Waals surface area (Å²) in [6, 6.07) is 0. The minimum Gasteiger partial charge on any atom is -0.392 e. The molecule has 3 atom stereocenters. The molecule has 76 valence electrons. The maximum absolute atomic E-state index is 9.74. The second-order valence-corrected chi connectivity index (χ2v) is 4.78. The lowest BCUT2D eigenvalue weighted by Gasteiger charge is -2.32. The van der Waals surface area contributed by atoms with Gasteiger partial charge in [-0.3, -0.25) is 0 Å². The smallest absolute Gasteiger partial charge is 0.0824 e. The zero-order valence-electron chi connectivity index (χ0n) is 8.70. The molecular weight excluding hydrogens is 164 g/mol. The van der Waals surface area contributed by atoms with Crippen molar-refractivity contribution >= 4 is 0 Å². The van der Waals surface area contributed by atoms with Crippen LogP contribution in [0.5, 0.6) is 0 Å². The topological polar surface area (TPSA) is 40.5 Å². The Morgan fingerprint density at radius 1 is 1.54 bits per heavy atom. The van der Waals surface area contributed by atoms with Gasteiger partial charge in [-0.25, -0.2) is 0 Å². The minimum atomic E-state index is -0.813. The van der Waals surface area contributed by atoms with E-state index in [1.807, 2.05) is 12.2 Å². The van der Waals surface area contributed by atoms with E-state index in [4.69, 9.17) is 0 Å². The van der Waals surface area contributed by atoms with Crippen molar-refractivity contribution in [2.24, 2.45) is 11.8 Å². The van der Waals surface area contributed by atoms with Gasteiger partial charge >= 0.3 is 0 Å².